The Morgan fingerprint density at radius 2 is 2.21 bits per heavy atom. The van der Waals surface area contributed by atoms with Crippen molar-refractivity contribution in [3.63, 3.8) is 0 Å². The number of rotatable bonds is 8. The molecule has 0 unspecified atom stereocenters. The summed E-state index contributed by atoms with van der Waals surface area (Å²) in [6.45, 7) is 4.58. The van der Waals surface area contributed by atoms with Crippen LogP contribution < -0.4 is 15.8 Å². The van der Waals surface area contributed by atoms with Crippen LogP contribution in [0.3, 0.4) is 0 Å². The molecule has 0 aliphatic heterocycles. The van der Waals surface area contributed by atoms with E-state index in [-0.39, 0.29) is 11.4 Å². The molecule has 0 aliphatic rings. The molecule has 6 heteroatoms. The van der Waals surface area contributed by atoms with E-state index < -0.39 is 11.9 Å². The summed E-state index contributed by atoms with van der Waals surface area (Å²) < 4.78 is 18.6. The summed E-state index contributed by atoms with van der Waals surface area (Å²) in [5, 5.41) is 2.73. The summed E-state index contributed by atoms with van der Waals surface area (Å²) in [6, 6.07) is 9.87. The van der Waals surface area contributed by atoms with E-state index in [4.69, 9.17) is 10.5 Å². The van der Waals surface area contributed by atoms with Crippen LogP contribution in [0.4, 0.5) is 10.2 Å². The van der Waals surface area contributed by atoms with Gasteiger partial charge in [-0.15, -0.1) is 6.58 Å². The van der Waals surface area contributed by atoms with Gasteiger partial charge in [0.25, 0.3) is 5.91 Å². The van der Waals surface area contributed by atoms with Crippen LogP contribution >= 0.6 is 0 Å². The van der Waals surface area contributed by atoms with Crippen molar-refractivity contribution in [2.24, 2.45) is 0 Å². The Labute approximate surface area is 140 Å². The predicted octanol–water partition coefficient (Wildman–Crippen LogP) is 3.08. The largest absolute Gasteiger partial charge is 0.494 e. The molecule has 3 N–H and O–H groups in total. The number of halogens is 1. The van der Waals surface area contributed by atoms with Gasteiger partial charge >= 0.3 is 0 Å². The van der Waals surface area contributed by atoms with E-state index in [0.717, 1.165) is 30.2 Å². The van der Waals surface area contributed by atoms with Gasteiger partial charge in [0.15, 0.2) is 0 Å². The van der Waals surface area contributed by atoms with Crippen LogP contribution in [0.1, 0.15) is 28.8 Å². The van der Waals surface area contributed by atoms with Gasteiger partial charge in [-0.25, -0.2) is 4.98 Å². The molecular formula is C18H20FN3O2. The number of nitrogen functional groups attached to an aromatic ring is 1. The molecule has 0 bridgehead atoms. The first kappa shape index (κ1) is 17.5. The topological polar surface area (TPSA) is 77.2 Å². The van der Waals surface area contributed by atoms with Gasteiger partial charge < -0.3 is 15.8 Å². The number of nitrogens with two attached hydrogens (primary N) is 1. The molecule has 1 aromatic heterocycles. The average Bonchev–Trinajstić information content (AvgIpc) is 2.57. The minimum absolute atomic E-state index is 0.133. The molecule has 2 rings (SSSR count). The van der Waals surface area contributed by atoms with Gasteiger partial charge in [-0.1, -0.05) is 18.2 Å². The fourth-order valence-corrected chi connectivity index (χ4v) is 2.08. The molecule has 126 valence electrons. The highest BCUT2D eigenvalue weighted by Gasteiger charge is 2.11. The third-order valence-corrected chi connectivity index (χ3v) is 3.31. The van der Waals surface area contributed by atoms with E-state index in [1.165, 1.54) is 6.07 Å². The van der Waals surface area contributed by atoms with Gasteiger partial charge in [-0.3, -0.25) is 4.79 Å². The molecule has 0 aliphatic carbocycles. The van der Waals surface area contributed by atoms with Crippen LogP contribution in [-0.2, 0) is 6.54 Å². The van der Waals surface area contributed by atoms with Gasteiger partial charge in [0.1, 0.15) is 11.6 Å². The zero-order chi connectivity index (χ0) is 17.4. The van der Waals surface area contributed by atoms with Crippen LogP contribution in [0, 0.1) is 5.95 Å². The molecule has 2 aromatic rings. The fraction of sp³-hybridized carbons (Fsp3) is 0.222. The lowest BCUT2D eigenvalue weighted by atomic mass is 10.2. The number of anilines is 1. The zero-order valence-corrected chi connectivity index (χ0v) is 13.3. The molecular weight excluding hydrogens is 309 g/mol. The van der Waals surface area contributed by atoms with E-state index in [1.807, 2.05) is 30.3 Å². The second-order valence-electron chi connectivity index (χ2n) is 5.18. The maximum Gasteiger partial charge on any atom is 0.255 e. The van der Waals surface area contributed by atoms with Gasteiger partial charge in [-0.2, -0.15) is 4.39 Å². The number of aromatic nitrogens is 1. The van der Waals surface area contributed by atoms with Crippen LogP contribution in [-0.4, -0.2) is 17.5 Å². The second kappa shape index (κ2) is 8.67. The number of nitrogens with one attached hydrogen (secondary N) is 1. The van der Waals surface area contributed by atoms with Crippen LogP contribution in [0.15, 0.2) is 49.1 Å². The highest BCUT2D eigenvalue weighted by atomic mass is 19.1. The molecule has 0 fully saturated rings. The molecule has 0 spiro atoms. The van der Waals surface area contributed by atoms with Crippen LogP contribution in [0.2, 0.25) is 0 Å². The Hall–Kier alpha value is -2.89. The number of hydrogen-bond acceptors (Lipinski definition) is 4. The normalized spacial score (nSPS) is 10.2. The molecule has 1 amide bonds. The molecule has 0 saturated carbocycles. The van der Waals surface area contributed by atoms with Gasteiger partial charge in [-0.05, 0) is 42.7 Å². The zero-order valence-electron chi connectivity index (χ0n) is 13.3. The van der Waals surface area contributed by atoms with Crippen molar-refractivity contribution in [3.05, 3.63) is 66.1 Å². The van der Waals surface area contributed by atoms with Crippen molar-refractivity contribution in [1.29, 1.82) is 0 Å². The Morgan fingerprint density at radius 3 is 2.96 bits per heavy atom. The number of unbranched alkanes of at least 4 members (excludes halogenated alkanes) is 1. The summed E-state index contributed by atoms with van der Waals surface area (Å²) in [5.41, 5.74) is 6.59. The molecule has 1 aromatic carbocycles. The highest BCUT2D eigenvalue weighted by Crippen LogP contribution is 2.14. The van der Waals surface area contributed by atoms with Gasteiger partial charge in [0.2, 0.25) is 5.95 Å². The number of ether oxygens (including phenoxy) is 1. The molecule has 0 saturated heterocycles. The number of carbonyl (C=O) groups excluding carboxylic acids is 1. The number of allylic oxidation sites excluding steroid dienone is 1. The first-order valence-corrected chi connectivity index (χ1v) is 7.63. The van der Waals surface area contributed by atoms with Crippen molar-refractivity contribution >= 4 is 11.7 Å². The third kappa shape index (κ3) is 5.08. The lowest BCUT2D eigenvalue weighted by Gasteiger charge is -2.09. The Balaban J connectivity index is 1.91. The first-order valence-electron chi connectivity index (χ1n) is 7.63. The summed E-state index contributed by atoms with van der Waals surface area (Å²) >= 11 is 0. The van der Waals surface area contributed by atoms with E-state index in [0.29, 0.717) is 13.2 Å². The fourth-order valence-electron chi connectivity index (χ4n) is 2.08. The monoisotopic (exact) mass is 329 g/mol. The van der Waals surface area contributed by atoms with E-state index in [9.17, 15) is 9.18 Å². The average molecular weight is 329 g/mol. The van der Waals surface area contributed by atoms with Crippen molar-refractivity contribution < 1.29 is 13.9 Å². The molecule has 0 radical (unpaired) electrons. The number of benzene rings is 1. The quantitative estimate of drug-likeness (QED) is 0.443. The number of pyridine rings is 1. The summed E-state index contributed by atoms with van der Waals surface area (Å²) in [5.74, 6) is -0.511. The summed E-state index contributed by atoms with van der Waals surface area (Å²) in [4.78, 5) is 15.5. The van der Waals surface area contributed by atoms with E-state index in [1.54, 1.807) is 0 Å². The molecule has 1 heterocycles. The number of nitrogens with zero attached hydrogens (tertiary/aromatic N) is 1. The Kier molecular flexibility index (Phi) is 6.31. The number of amides is 1. The third-order valence-electron chi connectivity index (χ3n) is 3.31. The summed E-state index contributed by atoms with van der Waals surface area (Å²) in [6.07, 6.45) is 3.66. The van der Waals surface area contributed by atoms with E-state index in [2.05, 4.69) is 16.9 Å². The standard InChI is InChI=1S/C18H20FN3O2/c1-2-3-4-10-24-14-7-5-6-13(11-14)12-21-18(23)15-8-9-16(19)22-17(15)20/h2,5-9,11H,1,3-4,10,12H2,(H2,20,22)(H,21,23). The lowest BCUT2D eigenvalue weighted by molar-refractivity contribution is 0.0951. The minimum Gasteiger partial charge on any atom is -0.494 e. The lowest BCUT2D eigenvalue weighted by Crippen LogP contribution is -2.24. The second-order valence-corrected chi connectivity index (χ2v) is 5.18. The first-order chi connectivity index (χ1) is 11.6. The van der Waals surface area contributed by atoms with E-state index >= 15 is 0 Å². The van der Waals surface area contributed by atoms with Crippen molar-refractivity contribution in [2.45, 2.75) is 19.4 Å². The SMILES string of the molecule is C=CCCCOc1cccc(CNC(=O)c2ccc(F)nc2N)c1. The molecule has 24 heavy (non-hydrogen) atoms. The van der Waals surface area contributed by atoms with Gasteiger partial charge in [0.05, 0.1) is 12.2 Å². The number of hydrogen-bond donors (Lipinski definition) is 2. The predicted molar refractivity (Wildman–Crippen MR) is 91.1 cm³/mol. The maximum absolute atomic E-state index is 12.9. The molecule has 0 atom stereocenters. The van der Waals surface area contributed by atoms with Crippen molar-refractivity contribution in [2.75, 3.05) is 12.3 Å². The minimum atomic E-state index is -0.717. The smallest absolute Gasteiger partial charge is 0.255 e. The summed E-state index contributed by atoms with van der Waals surface area (Å²) in [7, 11) is 0. The molecule has 5 nitrogen and oxygen atoms in total. The Morgan fingerprint density at radius 1 is 1.38 bits per heavy atom. The van der Waals surface area contributed by atoms with Gasteiger partial charge in [0, 0.05) is 6.54 Å². The maximum atomic E-state index is 12.9. The van der Waals surface area contributed by atoms with Crippen LogP contribution in [0.25, 0.3) is 0 Å². The van der Waals surface area contributed by atoms with Crippen LogP contribution in [0.5, 0.6) is 5.75 Å². The van der Waals surface area contributed by atoms with Crippen molar-refractivity contribution in [3.8, 4) is 5.75 Å². The van der Waals surface area contributed by atoms with Crippen molar-refractivity contribution in [1.82, 2.24) is 10.3 Å². The highest BCUT2D eigenvalue weighted by molar-refractivity contribution is 5.98. The Bertz CT molecular complexity index is 719. The number of carbonyl (C=O) groups is 1.